The maximum Gasteiger partial charge on any atom is 0.338 e. The third-order valence-electron chi connectivity index (χ3n) is 4.19. The van der Waals surface area contributed by atoms with E-state index >= 15 is 0 Å². The van der Waals surface area contributed by atoms with Gasteiger partial charge in [-0.3, -0.25) is 9.69 Å². The molecule has 6 heteroatoms. The smallest absolute Gasteiger partial charge is 0.338 e. The lowest BCUT2D eigenvalue weighted by Crippen LogP contribution is -2.40. The number of nitrogens with zero attached hydrogens (tertiary/aromatic N) is 2. The second kappa shape index (κ2) is 7.27. The van der Waals surface area contributed by atoms with Gasteiger partial charge in [0.05, 0.1) is 22.6 Å². The van der Waals surface area contributed by atoms with Crippen molar-refractivity contribution in [2.45, 2.75) is 31.6 Å². The Morgan fingerprint density at radius 1 is 1.40 bits per heavy atom. The minimum Gasteiger partial charge on any atom is -0.458 e. The average Bonchev–Trinajstić information content (AvgIpc) is 2.94. The lowest BCUT2D eigenvalue weighted by atomic mass is 9.94. The summed E-state index contributed by atoms with van der Waals surface area (Å²) in [6.07, 6.45) is 2.24. The van der Waals surface area contributed by atoms with Gasteiger partial charge in [0.2, 0.25) is 5.91 Å². The zero-order valence-corrected chi connectivity index (χ0v) is 15.1. The van der Waals surface area contributed by atoms with Gasteiger partial charge in [-0.1, -0.05) is 61.7 Å². The highest BCUT2D eigenvalue weighted by atomic mass is 32.2. The standard InChI is InChI=1S/C19H20N2O3S/c1-4-11-24-18(23)15-12(3)20-19-21(17(22)14(5-2)25-19)16(15)13-9-7-6-8-10-13/h4,6-10,14,16H,1,5,11H2,2-3H3/t14-,16+/m1/s1. The van der Waals surface area contributed by atoms with Crippen LogP contribution in [0.1, 0.15) is 31.9 Å². The molecule has 1 amide bonds. The number of carbonyl (C=O) groups is 2. The Balaban J connectivity index is 2.09. The van der Waals surface area contributed by atoms with E-state index in [1.54, 1.807) is 11.8 Å². The molecule has 0 spiro atoms. The number of aliphatic imine (C=N–C) groups is 1. The van der Waals surface area contributed by atoms with Crippen LogP contribution in [0.15, 0.2) is 59.2 Å². The second-order valence-electron chi connectivity index (χ2n) is 5.82. The lowest BCUT2D eigenvalue weighted by Gasteiger charge is -2.33. The Morgan fingerprint density at radius 2 is 2.12 bits per heavy atom. The summed E-state index contributed by atoms with van der Waals surface area (Å²) < 4.78 is 5.26. The van der Waals surface area contributed by atoms with E-state index < -0.39 is 12.0 Å². The van der Waals surface area contributed by atoms with E-state index in [0.717, 1.165) is 12.0 Å². The first-order valence-electron chi connectivity index (χ1n) is 8.20. The fraction of sp³-hybridized carbons (Fsp3) is 0.316. The number of thioether (sulfide) groups is 1. The molecule has 0 saturated carbocycles. The van der Waals surface area contributed by atoms with Gasteiger partial charge < -0.3 is 4.74 Å². The van der Waals surface area contributed by atoms with Crippen LogP contribution in [0.5, 0.6) is 0 Å². The maximum absolute atomic E-state index is 12.9. The monoisotopic (exact) mass is 356 g/mol. The van der Waals surface area contributed by atoms with Gasteiger partial charge in [-0.25, -0.2) is 9.79 Å². The van der Waals surface area contributed by atoms with Gasteiger partial charge in [0.1, 0.15) is 6.61 Å². The Labute approximate surface area is 151 Å². The molecule has 2 atom stereocenters. The molecule has 5 nitrogen and oxygen atoms in total. The third-order valence-corrected chi connectivity index (χ3v) is 5.51. The zero-order chi connectivity index (χ0) is 18.0. The van der Waals surface area contributed by atoms with Gasteiger partial charge in [0.25, 0.3) is 0 Å². The molecule has 2 aliphatic heterocycles. The minimum atomic E-state index is -0.512. The van der Waals surface area contributed by atoms with E-state index in [2.05, 4.69) is 11.6 Å². The number of hydrogen-bond donors (Lipinski definition) is 0. The number of allylic oxidation sites excluding steroid dienone is 1. The topological polar surface area (TPSA) is 59.0 Å². The Morgan fingerprint density at radius 3 is 2.76 bits per heavy atom. The molecule has 2 heterocycles. The quantitative estimate of drug-likeness (QED) is 0.599. The molecule has 0 bridgehead atoms. The number of amidine groups is 1. The molecule has 1 aromatic rings. The molecule has 0 aromatic heterocycles. The molecule has 0 N–H and O–H groups in total. The van der Waals surface area contributed by atoms with Crippen LogP contribution < -0.4 is 0 Å². The van der Waals surface area contributed by atoms with E-state index in [1.165, 1.54) is 17.8 Å². The maximum atomic E-state index is 12.9. The van der Waals surface area contributed by atoms with Gasteiger partial charge in [0, 0.05) is 0 Å². The summed E-state index contributed by atoms with van der Waals surface area (Å²) in [6.45, 7) is 7.46. The fourth-order valence-corrected chi connectivity index (χ4v) is 4.15. The number of amides is 1. The van der Waals surface area contributed by atoms with Gasteiger partial charge in [0.15, 0.2) is 5.17 Å². The first kappa shape index (κ1) is 17.5. The normalized spacial score (nSPS) is 22.6. The zero-order valence-electron chi connectivity index (χ0n) is 14.3. The number of rotatable bonds is 5. The van der Waals surface area contributed by atoms with Crippen molar-refractivity contribution in [3.63, 3.8) is 0 Å². The van der Waals surface area contributed by atoms with Crippen molar-refractivity contribution in [3.05, 3.63) is 59.8 Å². The van der Waals surface area contributed by atoms with Crippen LogP contribution >= 0.6 is 11.8 Å². The molecule has 0 radical (unpaired) electrons. The average molecular weight is 356 g/mol. The summed E-state index contributed by atoms with van der Waals surface area (Å²) in [7, 11) is 0. The van der Waals surface area contributed by atoms with E-state index in [4.69, 9.17) is 4.74 Å². The van der Waals surface area contributed by atoms with E-state index in [1.807, 2.05) is 37.3 Å². The summed E-state index contributed by atoms with van der Waals surface area (Å²) in [5.74, 6) is -0.478. The Hall–Kier alpha value is -2.34. The lowest BCUT2D eigenvalue weighted by molar-refractivity contribution is -0.139. The van der Waals surface area contributed by atoms with Crippen LogP contribution in [0.2, 0.25) is 0 Å². The van der Waals surface area contributed by atoms with Crippen molar-refractivity contribution in [2.24, 2.45) is 4.99 Å². The van der Waals surface area contributed by atoms with E-state index in [-0.39, 0.29) is 17.8 Å². The fourth-order valence-electron chi connectivity index (χ4n) is 3.01. The predicted octanol–water partition coefficient (Wildman–Crippen LogP) is 3.45. The van der Waals surface area contributed by atoms with Crippen molar-refractivity contribution < 1.29 is 14.3 Å². The van der Waals surface area contributed by atoms with Crippen LogP contribution in [-0.2, 0) is 14.3 Å². The van der Waals surface area contributed by atoms with Gasteiger partial charge >= 0.3 is 5.97 Å². The molecule has 1 aromatic carbocycles. The van der Waals surface area contributed by atoms with Gasteiger partial charge in [-0.2, -0.15) is 0 Å². The van der Waals surface area contributed by atoms with E-state index in [9.17, 15) is 9.59 Å². The Kier molecular flexibility index (Phi) is 5.08. The summed E-state index contributed by atoms with van der Waals surface area (Å²) in [4.78, 5) is 31.7. The number of ether oxygens (including phenoxy) is 1. The molecule has 130 valence electrons. The molecular formula is C19H20N2O3S. The SMILES string of the molecule is C=CCOC(=O)C1=C(C)N=C2S[C@H](CC)C(=O)N2[C@H]1c1ccccc1. The molecular weight excluding hydrogens is 336 g/mol. The van der Waals surface area contributed by atoms with E-state index in [0.29, 0.717) is 16.4 Å². The summed E-state index contributed by atoms with van der Waals surface area (Å²) in [5.41, 5.74) is 1.86. The Bertz CT molecular complexity index is 770. The summed E-state index contributed by atoms with van der Waals surface area (Å²) in [5, 5.41) is 0.491. The van der Waals surface area contributed by atoms with Gasteiger partial charge in [-0.15, -0.1) is 0 Å². The first-order chi connectivity index (χ1) is 12.1. The largest absolute Gasteiger partial charge is 0.458 e. The number of fused-ring (bicyclic) bond motifs is 1. The summed E-state index contributed by atoms with van der Waals surface area (Å²) >= 11 is 1.46. The number of hydrogen-bond acceptors (Lipinski definition) is 5. The van der Waals surface area contributed by atoms with Crippen LogP contribution in [0, 0.1) is 0 Å². The minimum absolute atomic E-state index is 0.0124. The van der Waals surface area contributed by atoms with Crippen molar-refractivity contribution in [1.29, 1.82) is 0 Å². The third kappa shape index (κ3) is 3.14. The molecule has 0 aliphatic carbocycles. The molecule has 0 unspecified atom stereocenters. The number of benzene rings is 1. The van der Waals surface area contributed by atoms with Crippen molar-refractivity contribution >= 4 is 28.8 Å². The molecule has 1 fully saturated rings. The van der Waals surface area contributed by atoms with Crippen molar-refractivity contribution in [2.75, 3.05) is 6.61 Å². The molecule has 2 aliphatic rings. The van der Waals surface area contributed by atoms with Crippen LogP contribution in [0.25, 0.3) is 0 Å². The molecule has 25 heavy (non-hydrogen) atoms. The van der Waals surface area contributed by atoms with Crippen LogP contribution in [-0.4, -0.2) is 33.8 Å². The number of esters is 1. The number of carbonyl (C=O) groups excluding carboxylic acids is 2. The van der Waals surface area contributed by atoms with Crippen molar-refractivity contribution in [1.82, 2.24) is 4.90 Å². The van der Waals surface area contributed by atoms with Crippen molar-refractivity contribution in [3.8, 4) is 0 Å². The van der Waals surface area contributed by atoms with Gasteiger partial charge in [-0.05, 0) is 18.9 Å². The molecule has 1 saturated heterocycles. The highest BCUT2D eigenvalue weighted by Crippen LogP contribution is 2.43. The molecule has 3 rings (SSSR count). The highest BCUT2D eigenvalue weighted by molar-refractivity contribution is 8.15. The second-order valence-corrected chi connectivity index (χ2v) is 6.99. The summed E-state index contributed by atoms with van der Waals surface area (Å²) in [6, 6.07) is 9.02. The predicted molar refractivity (Wildman–Crippen MR) is 99.0 cm³/mol. The first-order valence-corrected chi connectivity index (χ1v) is 9.08. The van der Waals surface area contributed by atoms with Crippen LogP contribution in [0.4, 0.5) is 0 Å². The highest BCUT2D eigenvalue weighted by Gasteiger charge is 2.47. The van der Waals surface area contributed by atoms with Crippen LogP contribution in [0.3, 0.4) is 0 Å².